The number of aryl methyl sites for hydroxylation is 2. The highest BCUT2D eigenvalue weighted by Gasteiger charge is 2.40. The fourth-order valence-corrected chi connectivity index (χ4v) is 7.05. The van der Waals surface area contributed by atoms with Crippen molar-refractivity contribution >= 4 is 27.1 Å². The molecule has 1 N–H and O–H groups in total. The highest BCUT2D eigenvalue weighted by molar-refractivity contribution is 7.91. The lowest BCUT2D eigenvalue weighted by atomic mass is 9.91. The molecular weight excluding hydrogens is 370 g/mol. The monoisotopic (exact) mass is 391 g/mol. The minimum atomic E-state index is -3.05. The van der Waals surface area contributed by atoms with Gasteiger partial charge < -0.3 is 10.1 Å². The largest absolute Gasteiger partial charge is 0.497 e. The Kier molecular flexibility index (Phi) is 4.11. The Balaban J connectivity index is 1.60. The van der Waals surface area contributed by atoms with E-state index in [1.165, 1.54) is 22.5 Å². The van der Waals surface area contributed by atoms with Crippen molar-refractivity contribution < 1.29 is 17.9 Å². The molecule has 1 fully saturated rings. The van der Waals surface area contributed by atoms with E-state index in [4.69, 9.17) is 4.74 Å². The van der Waals surface area contributed by atoms with E-state index in [9.17, 15) is 13.2 Å². The van der Waals surface area contributed by atoms with Crippen LogP contribution in [0.15, 0.2) is 24.3 Å². The fourth-order valence-electron chi connectivity index (χ4n) is 3.79. The van der Waals surface area contributed by atoms with E-state index in [0.29, 0.717) is 11.3 Å². The van der Waals surface area contributed by atoms with Gasteiger partial charge in [-0.1, -0.05) is 0 Å². The van der Waals surface area contributed by atoms with E-state index in [1.807, 2.05) is 19.1 Å². The molecule has 1 aromatic carbocycles. The number of rotatable bonds is 3. The number of fused-ring (bicyclic) bond motifs is 3. The standard InChI is InChI=1S/C19H21NO4S2/c1-19(7-8-26(22,23)11-19)20-18(21)16-10-13-4-3-12-9-14(24-2)5-6-15(12)17(13)25-16/h5-6,9-10H,3-4,7-8,11H2,1-2H3,(H,20,21)/t19-/m1/s1. The van der Waals surface area contributed by atoms with Crippen molar-refractivity contribution in [3.05, 3.63) is 40.3 Å². The van der Waals surface area contributed by atoms with Gasteiger partial charge in [-0.05, 0) is 67.1 Å². The molecule has 1 amide bonds. The maximum atomic E-state index is 12.7. The first kappa shape index (κ1) is 17.5. The van der Waals surface area contributed by atoms with Gasteiger partial charge in [0.1, 0.15) is 5.75 Å². The summed E-state index contributed by atoms with van der Waals surface area (Å²) in [4.78, 5) is 14.5. The lowest BCUT2D eigenvalue weighted by Crippen LogP contribution is -2.46. The van der Waals surface area contributed by atoms with Crippen LogP contribution in [0.2, 0.25) is 0 Å². The Labute approximate surface area is 157 Å². The van der Waals surface area contributed by atoms with Crippen molar-refractivity contribution in [1.29, 1.82) is 0 Å². The molecule has 2 aromatic rings. The quantitative estimate of drug-likeness (QED) is 0.873. The SMILES string of the molecule is COc1ccc2c(c1)CCc1cc(C(=O)N[C@]3(C)CCS(=O)(=O)C3)sc1-2. The summed E-state index contributed by atoms with van der Waals surface area (Å²) in [5.41, 5.74) is 2.90. The van der Waals surface area contributed by atoms with Gasteiger partial charge in [0.25, 0.3) is 5.91 Å². The van der Waals surface area contributed by atoms with E-state index >= 15 is 0 Å². The number of amides is 1. The topological polar surface area (TPSA) is 72.5 Å². The summed E-state index contributed by atoms with van der Waals surface area (Å²) in [6, 6.07) is 8.00. The van der Waals surface area contributed by atoms with Crippen LogP contribution in [-0.2, 0) is 22.7 Å². The summed E-state index contributed by atoms with van der Waals surface area (Å²) in [5.74, 6) is 0.815. The molecule has 0 spiro atoms. The molecule has 1 atom stereocenters. The molecule has 0 bridgehead atoms. The first-order valence-electron chi connectivity index (χ1n) is 8.62. The molecule has 2 heterocycles. The third kappa shape index (κ3) is 3.14. The zero-order valence-electron chi connectivity index (χ0n) is 14.8. The molecule has 1 aliphatic carbocycles. The average molecular weight is 392 g/mol. The van der Waals surface area contributed by atoms with Crippen LogP contribution in [0.4, 0.5) is 0 Å². The van der Waals surface area contributed by atoms with Gasteiger partial charge >= 0.3 is 0 Å². The second-order valence-electron chi connectivity index (χ2n) is 7.34. The molecule has 4 rings (SSSR count). The maximum Gasteiger partial charge on any atom is 0.261 e. The van der Waals surface area contributed by atoms with Crippen molar-refractivity contribution in [2.75, 3.05) is 18.6 Å². The van der Waals surface area contributed by atoms with Crippen LogP contribution < -0.4 is 10.1 Å². The van der Waals surface area contributed by atoms with E-state index in [-0.39, 0.29) is 17.4 Å². The number of carbonyl (C=O) groups is 1. The minimum Gasteiger partial charge on any atom is -0.497 e. The zero-order valence-corrected chi connectivity index (χ0v) is 16.4. The van der Waals surface area contributed by atoms with Crippen LogP contribution in [-0.4, -0.2) is 38.5 Å². The van der Waals surface area contributed by atoms with E-state index in [2.05, 4.69) is 17.4 Å². The summed E-state index contributed by atoms with van der Waals surface area (Å²) < 4.78 is 28.8. The van der Waals surface area contributed by atoms with Crippen molar-refractivity contribution in [1.82, 2.24) is 5.32 Å². The Morgan fingerprint density at radius 2 is 2.00 bits per heavy atom. The smallest absolute Gasteiger partial charge is 0.261 e. The van der Waals surface area contributed by atoms with Crippen LogP contribution >= 0.6 is 11.3 Å². The lowest BCUT2D eigenvalue weighted by Gasteiger charge is -2.23. The number of hydrogen-bond acceptors (Lipinski definition) is 5. The van der Waals surface area contributed by atoms with Gasteiger partial charge in [0, 0.05) is 4.88 Å². The Morgan fingerprint density at radius 1 is 1.23 bits per heavy atom. The third-order valence-electron chi connectivity index (χ3n) is 5.17. The van der Waals surface area contributed by atoms with Crippen molar-refractivity contribution in [3.8, 4) is 16.2 Å². The number of hydrogen-bond donors (Lipinski definition) is 1. The predicted octanol–water partition coefficient (Wildman–Crippen LogP) is 2.83. The van der Waals surface area contributed by atoms with Crippen LogP contribution in [0.1, 0.15) is 34.1 Å². The second kappa shape index (κ2) is 6.09. The number of benzene rings is 1. The average Bonchev–Trinajstić information content (AvgIpc) is 3.15. The van der Waals surface area contributed by atoms with Gasteiger partial charge in [-0.2, -0.15) is 0 Å². The third-order valence-corrected chi connectivity index (χ3v) is 8.28. The van der Waals surface area contributed by atoms with Crippen LogP contribution in [0.25, 0.3) is 10.4 Å². The highest BCUT2D eigenvalue weighted by atomic mass is 32.2. The molecule has 1 aliphatic heterocycles. The van der Waals surface area contributed by atoms with Gasteiger partial charge in [0.15, 0.2) is 9.84 Å². The summed E-state index contributed by atoms with van der Waals surface area (Å²) in [5, 5.41) is 2.95. The Morgan fingerprint density at radius 3 is 2.69 bits per heavy atom. The number of ether oxygens (including phenoxy) is 1. The number of carbonyl (C=O) groups excluding carboxylic acids is 1. The molecule has 5 nitrogen and oxygen atoms in total. The molecule has 138 valence electrons. The lowest BCUT2D eigenvalue weighted by molar-refractivity contribution is 0.0919. The summed E-state index contributed by atoms with van der Waals surface area (Å²) in [6.07, 6.45) is 2.28. The number of methoxy groups -OCH3 is 1. The highest BCUT2D eigenvalue weighted by Crippen LogP contribution is 2.41. The molecular formula is C19H21NO4S2. The van der Waals surface area contributed by atoms with Crippen molar-refractivity contribution in [3.63, 3.8) is 0 Å². The Bertz CT molecular complexity index is 993. The van der Waals surface area contributed by atoms with Gasteiger partial charge in [-0.25, -0.2) is 8.42 Å². The number of thiophene rings is 1. The number of nitrogens with one attached hydrogen (secondary N) is 1. The summed E-state index contributed by atoms with van der Waals surface area (Å²) >= 11 is 1.48. The van der Waals surface area contributed by atoms with Crippen molar-refractivity contribution in [2.45, 2.75) is 31.7 Å². The zero-order chi connectivity index (χ0) is 18.5. The Hall–Kier alpha value is -1.86. The molecule has 2 aliphatic rings. The van der Waals surface area contributed by atoms with E-state index in [0.717, 1.165) is 29.0 Å². The van der Waals surface area contributed by atoms with Crippen LogP contribution in [0, 0.1) is 0 Å². The molecule has 1 saturated heterocycles. The normalized spacial score (nSPS) is 23.2. The molecule has 26 heavy (non-hydrogen) atoms. The van der Waals surface area contributed by atoms with Gasteiger partial charge in [0.05, 0.1) is 29.0 Å². The predicted molar refractivity (Wildman–Crippen MR) is 103 cm³/mol. The van der Waals surface area contributed by atoms with Crippen LogP contribution in [0.3, 0.4) is 0 Å². The number of sulfone groups is 1. The summed E-state index contributed by atoms with van der Waals surface area (Å²) in [6.45, 7) is 1.81. The fraction of sp³-hybridized carbons (Fsp3) is 0.421. The van der Waals surface area contributed by atoms with Gasteiger partial charge in [0.2, 0.25) is 0 Å². The molecule has 1 aromatic heterocycles. The van der Waals surface area contributed by atoms with E-state index in [1.54, 1.807) is 7.11 Å². The molecule has 0 radical (unpaired) electrons. The van der Waals surface area contributed by atoms with E-state index < -0.39 is 15.4 Å². The maximum absolute atomic E-state index is 12.7. The van der Waals surface area contributed by atoms with Crippen LogP contribution in [0.5, 0.6) is 5.75 Å². The van der Waals surface area contributed by atoms with Gasteiger partial charge in [-0.3, -0.25) is 4.79 Å². The van der Waals surface area contributed by atoms with Crippen molar-refractivity contribution in [2.24, 2.45) is 0 Å². The first-order chi connectivity index (χ1) is 12.3. The molecule has 0 saturated carbocycles. The summed E-state index contributed by atoms with van der Waals surface area (Å²) in [7, 11) is -1.39. The molecule has 7 heteroatoms. The minimum absolute atomic E-state index is 0.0134. The second-order valence-corrected chi connectivity index (χ2v) is 10.6. The first-order valence-corrected chi connectivity index (χ1v) is 11.3. The van der Waals surface area contributed by atoms with Gasteiger partial charge in [-0.15, -0.1) is 11.3 Å². The molecule has 0 unspecified atom stereocenters.